The predicted molar refractivity (Wildman–Crippen MR) is 107 cm³/mol. The molecule has 1 heterocycles. The number of rotatable bonds is 5. The lowest BCUT2D eigenvalue weighted by molar-refractivity contribution is -0.124. The monoisotopic (exact) mass is 389 g/mol. The fraction of sp³-hybridized carbons (Fsp3) is 0.667. The third kappa shape index (κ3) is 4.56. The van der Waals surface area contributed by atoms with Crippen molar-refractivity contribution in [2.45, 2.75) is 78.2 Å². The van der Waals surface area contributed by atoms with Crippen molar-refractivity contribution in [1.82, 2.24) is 9.78 Å². The molecule has 1 saturated carbocycles. The van der Waals surface area contributed by atoms with Gasteiger partial charge in [-0.1, -0.05) is 13.0 Å². The highest BCUT2D eigenvalue weighted by atomic mass is 16.7. The van der Waals surface area contributed by atoms with E-state index in [-0.39, 0.29) is 23.6 Å². The van der Waals surface area contributed by atoms with Gasteiger partial charge in [-0.2, -0.15) is 0 Å². The van der Waals surface area contributed by atoms with Crippen molar-refractivity contribution in [3.63, 3.8) is 0 Å². The van der Waals surface area contributed by atoms with Crippen molar-refractivity contribution in [3.8, 4) is 5.75 Å². The number of allylic oxidation sites excluding steroid dienone is 2. The topological polar surface area (TPSA) is 84.7 Å². The molecule has 0 unspecified atom stereocenters. The number of carboxylic acid groups (broad SMARTS) is 1. The number of carbonyl (C=O) groups is 2. The second kappa shape index (κ2) is 8.80. The van der Waals surface area contributed by atoms with E-state index in [2.05, 4.69) is 18.1 Å². The van der Waals surface area contributed by atoms with Crippen molar-refractivity contribution in [3.05, 3.63) is 12.3 Å². The van der Waals surface area contributed by atoms with Crippen molar-refractivity contribution < 1.29 is 19.4 Å². The van der Waals surface area contributed by atoms with Gasteiger partial charge < -0.3 is 9.84 Å². The number of carbonyl (C=O) groups excluding carboxylic acids is 1. The van der Waals surface area contributed by atoms with E-state index < -0.39 is 6.16 Å². The molecule has 3 rings (SSSR count). The van der Waals surface area contributed by atoms with Gasteiger partial charge in [0.15, 0.2) is 5.75 Å². The highest BCUT2D eigenvalue weighted by Crippen LogP contribution is 2.36. The minimum atomic E-state index is -1.40. The molecule has 0 saturated heterocycles. The van der Waals surface area contributed by atoms with Crippen LogP contribution in [0.25, 0.3) is 5.70 Å². The maximum atomic E-state index is 13.3. The van der Waals surface area contributed by atoms with Crippen LogP contribution in [0.3, 0.4) is 0 Å². The van der Waals surface area contributed by atoms with Gasteiger partial charge in [-0.15, -0.1) is 5.10 Å². The Kier molecular flexibility index (Phi) is 6.42. The van der Waals surface area contributed by atoms with E-state index in [4.69, 9.17) is 4.74 Å². The van der Waals surface area contributed by atoms with Gasteiger partial charge in [0, 0.05) is 17.7 Å². The molecular weight excluding hydrogens is 358 g/mol. The second-order valence-corrected chi connectivity index (χ2v) is 8.33. The summed E-state index contributed by atoms with van der Waals surface area (Å²) < 4.78 is 6.69. The van der Waals surface area contributed by atoms with E-state index >= 15 is 0 Å². The highest BCUT2D eigenvalue weighted by molar-refractivity contribution is 5.96. The zero-order valence-corrected chi connectivity index (χ0v) is 17.1. The molecule has 1 N–H and O–H groups in total. The molecule has 7 heteroatoms. The van der Waals surface area contributed by atoms with Gasteiger partial charge in [0.2, 0.25) is 11.7 Å². The highest BCUT2D eigenvalue weighted by Gasteiger charge is 2.34. The van der Waals surface area contributed by atoms with E-state index in [0.717, 1.165) is 57.1 Å². The molecule has 0 atom stereocenters. The normalized spacial score (nSPS) is 22.6. The molecule has 0 aliphatic heterocycles. The molecule has 0 spiro atoms. The van der Waals surface area contributed by atoms with Gasteiger partial charge in [-0.25, -0.2) is 9.48 Å². The maximum absolute atomic E-state index is 13.3. The van der Waals surface area contributed by atoms with Crippen LogP contribution in [-0.2, 0) is 4.79 Å². The molecule has 2 aliphatic rings. The largest absolute Gasteiger partial charge is 0.511 e. The molecule has 2 aliphatic carbocycles. The average Bonchev–Trinajstić information content (AvgIpc) is 3.05. The number of anilines is 1. The third-order valence-corrected chi connectivity index (χ3v) is 5.77. The summed E-state index contributed by atoms with van der Waals surface area (Å²) in [6.45, 7) is 6.07. The van der Waals surface area contributed by atoms with Crippen molar-refractivity contribution in [1.29, 1.82) is 0 Å². The van der Waals surface area contributed by atoms with Crippen LogP contribution in [0.15, 0.2) is 12.3 Å². The van der Waals surface area contributed by atoms with Crippen LogP contribution in [-0.4, -0.2) is 33.0 Å². The van der Waals surface area contributed by atoms with Crippen LogP contribution in [0.1, 0.15) is 72.1 Å². The molecule has 0 aromatic carbocycles. The van der Waals surface area contributed by atoms with E-state index in [9.17, 15) is 14.7 Å². The summed E-state index contributed by atoms with van der Waals surface area (Å²) in [7, 11) is 0. The maximum Gasteiger partial charge on any atom is 0.511 e. The summed E-state index contributed by atoms with van der Waals surface area (Å²) in [5.74, 6) is 1.04. The summed E-state index contributed by atoms with van der Waals surface area (Å²) >= 11 is 0. The summed E-state index contributed by atoms with van der Waals surface area (Å²) in [6, 6.07) is -0.147. The molecule has 28 heavy (non-hydrogen) atoms. The predicted octanol–water partition coefficient (Wildman–Crippen LogP) is 4.92. The first-order valence-electron chi connectivity index (χ1n) is 10.4. The third-order valence-electron chi connectivity index (χ3n) is 5.77. The molecule has 0 radical (unpaired) electrons. The standard InChI is InChI=1S/C21H31N3O4/c1-14(2)24(20(25)16-11-9-15(3)10-12-16)19-18(28-21(26)27)13-23(22-19)17-7-5-4-6-8-17/h7,13-16H,4-6,8-12H2,1-3H3,(H,26,27). The van der Waals surface area contributed by atoms with Crippen LogP contribution in [0.4, 0.5) is 10.6 Å². The Morgan fingerprint density at radius 3 is 2.54 bits per heavy atom. The van der Waals surface area contributed by atoms with Crippen molar-refractivity contribution in [2.24, 2.45) is 11.8 Å². The number of nitrogens with zero attached hydrogens (tertiary/aromatic N) is 3. The van der Waals surface area contributed by atoms with Gasteiger partial charge in [-0.3, -0.25) is 9.69 Å². The van der Waals surface area contributed by atoms with Crippen LogP contribution in [0.2, 0.25) is 0 Å². The average molecular weight is 389 g/mol. The van der Waals surface area contributed by atoms with E-state index in [1.54, 1.807) is 15.8 Å². The first-order valence-corrected chi connectivity index (χ1v) is 10.4. The zero-order valence-electron chi connectivity index (χ0n) is 17.1. The smallest absolute Gasteiger partial charge is 0.449 e. The molecule has 154 valence electrons. The van der Waals surface area contributed by atoms with Crippen molar-refractivity contribution >= 4 is 23.6 Å². The quantitative estimate of drug-likeness (QED) is 0.722. The first kappa shape index (κ1) is 20.4. The van der Waals surface area contributed by atoms with Crippen LogP contribution in [0.5, 0.6) is 5.75 Å². The molecular formula is C21H31N3O4. The number of ether oxygens (including phenoxy) is 1. The van der Waals surface area contributed by atoms with Crippen molar-refractivity contribution in [2.75, 3.05) is 4.90 Å². The number of hydrogen-bond donors (Lipinski definition) is 1. The van der Waals surface area contributed by atoms with Crippen LogP contribution >= 0.6 is 0 Å². The summed E-state index contributed by atoms with van der Waals surface area (Å²) in [4.78, 5) is 26.2. The minimum Gasteiger partial charge on any atom is -0.449 e. The molecule has 1 fully saturated rings. The molecule has 0 bridgehead atoms. The number of amides is 1. The van der Waals surface area contributed by atoms with Gasteiger partial charge in [0.25, 0.3) is 0 Å². The Bertz CT molecular complexity index is 745. The molecule has 1 aromatic rings. The lowest BCUT2D eigenvalue weighted by Crippen LogP contribution is -2.42. The first-order chi connectivity index (χ1) is 13.4. The Morgan fingerprint density at radius 2 is 1.96 bits per heavy atom. The Labute approximate surface area is 166 Å². The van der Waals surface area contributed by atoms with Gasteiger partial charge in [0.05, 0.1) is 6.20 Å². The van der Waals surface area contributed by atoms with Crippen LogP contribution in [0, 0.1) is 11.8 Å². The van der Waals surface area contributed by atoms with Crippen LogP contribution < -0.4 is 9.64 Å². The van der Waals surface area contributed by atoms with E-state index in [1.165, 1.54) is 0 Å². The van der Waals surface area contributed by atoms with Gasteiger partial charge in [-0.05, 0) is 71.1 Å². The van der Waals surface area contributed by atoms with E-state index in [0.29, 0.717) is 11.7 Å². The Hall–Kier alpha value is -2.31. The summed E-state index contributed by atoms with van der Waals surface area (Å²) in [5.41, 5.74) is 1.02. The lowest BCUT2D eigenvalue weighted by atomic mass is 9.82. The van der Waals surface area contributed by atoms with Gasteiger partial charge >= 0.3 is 6.16 Å². The Morgan fingerprint density at radius 1 is 1.25 bits per heavy atom. The molecule has 1 aromatic heterocycles. The summed E-state index contributed by atoms with van der Waals surface area (Å²) in [6.07, 6.45) is 10.2. The van der Waals surface area contributed by atoms with Gasteiger partial charge in [0.1, 0.15) is 0 Å². The SMILES string of the molecule is CC1CCC(C(=O)N(c2nn(C3=CCCCC3)cc2OC(=O)O)C(C)C)CC1. The molecule has 1 amide bonds. The zero-order chi connectivity index (χ0) is 20.3. The van der Waals surface area contributed by atoms with E-state index in [1.807, 2.05) is 13.8 Å². The number of hydrogen-bond acceptors (Lipinski definition) is 4. The Balaban J connectivity index is 1.94. The fourth-order valence-corrected chi connectivity index (χ4v) is 4.17. The minimum absolute atomic E-state index is 0.0139. The summed E-state index contributed by atoms with van der Waals surface area (Å²) in [5, 5.41) is 13.8. The fourth-order valence-electron chi connectivity index (χ4n) is 4.17. The number of aromatic nitrogens is 2. The second-order valence-electron chi connectivity index (χ2n) is 8.33. The lowest BCUT2D eigenvalue weighted by Gasteiger charge is -2.32. The molecule has 7 nitrogen and oxygen atoms in total.